The summed E-state index contributed by atoms with van der Waals surface area (Å²) in [6.07, 6.45) is 0. The summed E-state index contributed by atoms with van der Waals surface area (Å²) in [6, 6.07) is 0. The fourth-order valence-corrected chi connectivity index (χ4v) is 0. The van der Waals surface area contributed by atoms with Crippen molar-refractivity contribution >= 4 is 0 Å². The zero-order valence-corrected chi connectivity index (χ0v) is 6.77. The molecule has 5 heteroatoms. The van der Waals surface area contributed by atoms with Gasteiger partial charge >= 0.3 is 26.8 Å². The van der Waals surface area contributed by atoms with Crippen LogP contribution in [0.3, 0.4) is 0 Å². The molecule has 0 aliphatic rings. The van der Waals surface area contributed by atoms with Gasteiger partial charge in [0.15, 0.2) is 0 Å². The first-order valence-corrected chi connectivity index (χ1v) is 2.33. The van der Waals surface area contributed by atoms with Crippen LogP contribution in [-0.2, 0) is 45.1 Å². The van der Waals surface area contributed by atoms with Crippen molar-refractivity contribution in [2.24, 2.45) is 0 Å². The van der Waals surface area contributed by atoms with Crippen LogP contribution in [0.4, 0.5) is 0 Å². The molecule has 1 radical (unpaired) electrons. The second kappa shape index (κ2) is 4.88. The zero-order valence-electron chi connectivity index (χ0n) is 2.16. The van der Waals surface area contributed by atoms with Crippen LogP contribution < -0.4 is 0 Å². The SMILES string of the molecule is [O]=[V](=[O])[OH].[Ta]. The predicted molar refractivity (Wildman–Crippen MR) is 3.59 cm³/mol. The third-order valence-corrected chi connectivity index (χ3v) is 0. The molecule has 0 aromatic heterocycles. The van der Waals surface area contributed by atoms with Crippen LogP contribution in [0.5, 0.6) is 0 Å². The van der Waals surface area contributed by atoms with E-state index >= 15 is 0 Å². The first kappa shape index (κ1) is 9.30. The van der Waals surface area contributed by atoms with E-state index in [1.165, 1.54) is 0 Å². The number of hydrogen-bond donors (Lipinski definition) is 1. The minimum atomic E-state index is -3.69. The molecule has 0 unspecified atom stereocenters. The van der Waals surface area contributed by atoms with Gasteiger partial charge in [0.25, 0.3) is 0 Å². The molecule has 0 fully saturated rings. The van der Waals surface area contributed by atoms with E-state index in [4.69, 9.17) is 11.4 Å². The molecule has 0 aliphatic carbocycles. The Labute approximate surface area is 49.2 Å². The summed E-state index contributed by atoms with van der Waals surface area (Å²) in [4.78, 5) is 0. The summed E-state index contributed by atoms with van der Waals surface area (Å²) in [7, 11) is 0. The van der Waals surface area contributed by atoms with Crippen LogP contribution >= 0.6 is 0 Å². The Morgan fingerprint density at radius 3 is 1.40 bits per heavy atom. The molecule has 0 aliphatic heterocycles. The molecule has 5 heavy (non-hydrogen) atoms. The van der Waals surface area contributed by atoms with E-state index in [0.717, 1.165) is 0 Å². The van der Waals surface area contributed by atoms with Crippen molar-refractivity contribution in [1.82, 2.24) is 0 Å². The number of hydrogen-bond acceptors (Lipinski definition) is 2. The Morgan fingerprint density at radius 2 is 1.40 bits per heavy atom. The molecule has 0 rings (SSSR count). The Morgan fingerprint density at radius 1 is 1.40 bits per heavy atom. The van der Waals surface area contributed by atoms with Gasteiger partial charge in [0, 0.05) is 22.4 Å². The first-order chi connectivity index (χ1) is 1.73. The molecule has 0 heterocycles. The van der Waals surface area contributed by atoms with Crippen LogP contribution in [0.1, 0.15) is 0 Å². The molecule has 0 atom stereocenters. The number of rotatable bonds is 0. The van der Waals surface area contributed by atoms with Gasteiger partial charge in [-0.25, -0.2) is 0 Å². The van der Waals surface area contributed by atoms with Crippen LogP contribution in [-0.4, -0.2) is 4.03 Å². The predicted octanol–water partition coefficient (Wildman–Crippen LogP) is -0.800. The summed E-state index contributed by atoms with van der Waals surface area (Å²) in [5.41, 5.74) is 0. The molecule has 0 amide bonds. The van der Waals surface area contributed by atoms with E-state index in [1.807, 2.05) is 0 Å². The maximum Gasteiger partial charge on any atom is 0 e. The monoisotopic (exact) mass is 281 g/mol. The van der Waals surface area contributed by atoms with Gasteiger partial charge in [-0.3, -0.25) is 0 Å². The fourth-order valence-electron chi connectivity index (χ4n) is 0. The van der Waals surface area contributed by atoms with E-state index in [0.29, 0.717) is 0 Å². The topological polar surface area (TPSA) is 54.4 Å². The fraction of sp³-hybridized carbons (Fsp3) is 0. The van der Waals surface area contributed by atoms with Crippen molar-refractivity contribution in [1.29, 1.82) is 0 Å². The second-order valence-corrected chi connectivity index (χ2v) is 0.981. The van der Waals surface area contributed by atoms with Gasteiger partial charge in [-0.05, 0) is 0 Å². The average Bonchev–Trinajstić information content (AvgIpc) is 0.811. The molecule has 0 spiro atoms. The molecule has 3 nitrogen and oxygen atoms in total. The summed E-state index contributed by atoms with van der Waals surface area (Å²) >= 11 is -3.69. The first-order valence-electron chi connectivity index (χ1n) is 0.565. The molecule has 0 saturated carbocycles. The molecule has 0 saturated heterocycles. The minimum Gasteiger partial charge on any atom is 0 e. The van der Waals surface area contributed by atoms with E-state index in [9.17, 15) is 0 Å². The van der Waals surface area contributed by atoms with Gasteiger partial charge < -0.3 is 0 Å². The average molecular weight is 281 g/mol. The van der Waals surface area contributed by atoms with Crippen LogP contribution in [0.15, 0.2) is 0 Å². The van der Waals surface area contributed by atoms with Crippen molar-refractivity contribution in [3.05, 3.63) is 0 Å². The molecule has 1 N–H and O–H groups in total. The molecular weight excluding hydrogens is 280 g/mol. The summed E-state index contributed by atoms with van der Waals surface area (Å²) in [5, 5.41) is 0. The van der Waals surface area contributed by atoms with Gasteiger partial charge in [0.05, 0.1) is 0 Å². The van der Waals surface area contributed by atoms with Gasteiger partial charge in [-0.15, -0.1) is 0 Å². The maximum atomic E-state index is 8.67. The zero-order chi connectivity index (χ0) is 3.58. The van der Waals surface area contributed by atoms with Gasteiger partial charge in [0.1, 0.15) is 0 Å². The van der Waals surface area contributed by atoms with Crippen LogP contribution in [0, 0.1) is 0 Å². The summed E-state index contributed by atoms with van der Waals surface area (Å²) < 4.78 is 24.4. The molecule has 0 aromatic rings. The third kappa shape index (κ3) is 51.9. The Hall–Kier alpha value is 0.885. The van der Waals surface area contributed by atoms with Crippen molar-refractivity contribution in [2.45, 2.75) is 0 Å². The smallest absolute Gasteiger partial charge is 0 e. The normalized spacial score (nSPS) is 5.00. The van der Waals surface area contributed by atoms with Crippen LogP contribution in [0.25, 0.3) is 0 Å². The van der Waals surface area contributed by atoms with Crippen molar-refractivity contribution in [2.75, 3.05) is 0 Å². The largest absolute Gasteiger partial charge is 0 e. The standard InChI is InChI=1S/H2O.2O.Ta.V/h1H2;;;;/q;;;;+1/p-1. The Bertz CT molecular complexity index is 55.3. The van der Waals surface area contributed by atoms with Gasteiger partial charge in [-0.1, -0.05) is 0 Å². The molecular formula is HO3TaV. The third-order valence-electron chi connectivity index (χ3n) is 0. The summed E-state index contributed by atoms with van der Waals surface area (Å²) in [5.74, 6) is 0. The van der Waals surface area contributed by atoms with Gasteiger partial charge in [-0.2, -0.15) is 0 Å². The molecule has 0 bridgehead atoms. The van der Waals surface area contributed by atoms with E-state index in [2.05, 4.69) is 0 Å². The summed E-state index contributed by atoms with van der Waals surface area (Å²) in [6.45, 7) is 0. The van der Waals surface area contributed by atoms with Gasteiger partial charge in [0.2, 0.25) is 0 Å². The van der Waals surface area contributed by atoms with Crippen molar-refractivity contribution < 1.29 is 49.2 Å². The van der Waals surface area contributed by atoms with Crippen molar-refractivity contribution in [3.8, 4) is 0 Å². The molecule has 29 valence electrons. The maximum absolute atomic E-state index is 8.67. The van der Waals surface area contributed by atoms with Crippen LogP contribution in [0.2, 0.25) is 0 Å². The quantitative estimate of drug-likeness (QED) is 0.632. The van der Waals surface area contributed by atoms with E-state index in [-0.39, 0.29) is 22.4 Å². The van der Waals surface area contributed by atoms with E-state index < -0.39 is 15.4 Å². The Balaban J connectivity index is 0. The second-order valence-electron chi connectivity index (χ2n) is 0.238. The van der Waals surface area contributed by atoms with E-state index in [1.54, 1.807) is 0 Å². The van der Waals surface area contributed by atoms with Crippen molar-refractivity contribution in [3.63, 3.8) is 0 Å². The minimum absolute atomic E-state index is 0. The molecule has 0 aromatic carbocycles. The Kier molecular flexibility index (Phi) is 9.09.